The molecule has 0 saturated carbocycles. The van der Waals surface area contributed by atoms with E-state index in [1.165, 1.54) is 40.7 Å². The van der Waals surface area contributed by atoms with Gasteiger partial charge < -0.3 is 19.7 Å². The van der Waals surface area contributed by atoms with Gasteiger partial charge in [0.1, 0.15) is 21.4 Å². The van der Waals surface area contributed by atoms with Crippen molar-refractivity contribution < 1.29 is 30.7 Å². The van der Waals surface area contributed by atoms with E-state index in [0.29, 0.717) is 30.3 Å². The summed E-state index contributed by atoms with van der Waals surface area (Å²) in [4.78, 5) is 16.2. The molecule has 0 radical (unpaired) electrons. The molecule has 13 nitrogen and oxygen atoms in total. The maximum absolute atomic E-state index is 13.6. The highest BCUT2D eigenvalue weighted by atomic mass is 35.5. The first-order chi connectivity index (χ1) is 19.5. The minimum Gasteiger partial charge on any atom is -0.379 e. The number of guanidine groups is 1. The quantitative estimate of drug-likeness (QED) is 0.137. The number of halogens is 1. The molecule has 4 rings (SSSR count). The van der Waals surface area contributed by atoms with Crippen LogP contribution in [0.5, 0.6) is 11.5 Å². The molecular formula is C26H33ClN6O7S2. The molecule has 3 aromatic rings. The van der Waals surface area contributed by atoms with Gasteiger partial charge in [0.2, 0.25) is 10.0 Å². The highest BCUT2D eigenvalue weighted by Crippen LogP contribution is 2.30. The highest BCUT2D eigenvalue weighted by Gasteiger charge is 2.34. The van der Waals surface area contributed by atoms with E-state index < -0.39 is 31.0 Å². The van der Waals surface area contributed by atoms with Crippen LogP contribution in [0.15, 0.2) is 76.7 Å². The number of rotatable bonds is 11. The summed E-state index contributed by atoms with van der Waals surface area (Å²) in [5.41, 5.74) is 6.07. The lowest BCUT2D eigenvalue weighted by molar-refractivity contribution is -0.263. The molecule has 0 spiro atoms. The molecule has 2 heterocycles. The fourth-order valence-corrected chi connectivity index (χ4v) is 7.22. The number of nitrogens with two attached hydrogens (primary N) is 1. The summed E-state index contributed by atoms with van der Waals surface area (Å²) in [5.74, 6) is 0.184. The van der Waals surface area contributed by atoms with Crippen LogP contribution < -0.4 is 19.7 Å². The summed E-state index contributed by atoms with van der Waals surface area (Å²) < 4.78 is 60.8. The maximum atomic E-state index is 13.6. The first-order valence-electron chi connectivity index (χ1n) is 12.8. The zero-order valence-electron chi connectivity index (χ0n) is 23.0. The van der Waals surface area contributed by atoms with Crippen molar-refractivity contribution in [3.63, 3.8) is 0 Å². The summed E-state index contributed by atoms with van der Waals surface area (Å²) in [6, 6.07) is 15.1. The maximum Gasteiger partial charge on any atom is 0.340 e. The molecule has 0 atom stereocenters. The Labute approximate surface area is 251 Å². The third-order valence-corrected chi connectivity index (χ3v) is 9.37. The number of anilines is 1. The van der Waals surface area contributed by atoms with E-state index >= 15 is 0 Å². The lowest BCUT2D eigenvalue weighted by Gasteiger charge is -2.34. The molecule has 1 aliphatic heterocycles. The average molecular weight is 641 g/mol. The Morgan fingerprint density at radius 2 is 1.62 bits per heavy atom. The van der Waals surface area contributed by atoms with Crippen molar-refractivity contribution in [1.82, 2.24) is 14.5 Å². The Morgan fingerprint density at radius 3 is 2.24 bits per heavy atom. The zero-order valence-corrected chi connectivity index (χ0v) is 25.5. The van der Waals surface area contributed by atoms with Crippen molar-refractivity contribution in [1.29, 1.82) is 5.41 Å². The number of hydrogen-bond donors (Lipinski definition) is 2. The van der Waals surface area contributed by atoms with Crippen molar-refractivity contribution >= 4 is 44.3 Å². The first kappa shape index (κ1) is 32.9. The molecule has 228 valence electrons. The van der Waals surface area contributed by atoms with Crippen molar-refractivity contribution in [2.24, 2.45) is 5.73 Å². The number of nitrogens with one attached hydrogen (secondary N) is 1. The topological polar surface area (TPSA) is 168 Å². The summed E-state index contributed by atoms with van der Waals surface area (Å²) in [6.45, 7) is 4.87. The summed E-state index contributed by atoms with van der Waals surface area (Å²) in [7, 11) is -8.79. The predicted molar refractivity (Wildman–Crippen MR) is 159 cm³/mol. The smallest absolute Gasteiger partial charge is 0.340 e. The van der Waals surface area contributed by atoms with Gasteiger partial charge in [-0.05, 0) is 60.5 Å². The van der Waals surface area contributed by atoms with Crippen LogP contribution in [0.25, 0.3) is 0 Å². The van der Waals surface area contributed by atoms with Crippen LogP contribution >= 0.6 is 12.4 Å². The van der Waals surface area contributed by atoms with Gasteiger partial charge in [0, 0.05) is 38.4 Å². The molecule has 0 bridgehead atoms. The SMILES string of the molecule is CCCON(Oc1cc(C)cc(OS(=O)(=O)c2ccccc2S(=O)(=O)N2CCN(c3ccccn3)CC2)c1)C(=N)N.Cl. The Kier molecular flexibility index (Phi) is 11.0. The van der Waals surface area contributed by atoms with Crippen molar-refractivity contribution in [3.8, 4) is 11.5 Å². The van der Waals surface area contributed by atoms with Crippen LogP contribution in [-0.2, 0) is 25.0 Å². The molecular weight excluding hydrogens is 608 g/mol. The predicted octanol–water partition coefficient (Wildman–Crippen LogP) is 2.92. The standard InChI is InChI=1S/C26H32N6O7S2.ClH/c1-3-16-37-32(26(27)28)38-21-17-20(2)18-22(19-21)39-41(35,36)24-9-5-4-8-23(24)40(33,34)31-14-12-30(13-15-31)25-10-6-7-11-29-25;/h4-11,17-19H,3,12-16H2,1-2H3,(H3,27,28);1H. The Bertz CT molecular complexity index is 1590. The Morgan fingerprint density at radius 1 is 0.976 bits per heavy atom. The van der Waals surface area contributed by atoms with E-state index in [0.717, 1.165) is 5.82 Å². The van der Waals surface area contributed by atoms with Gasteiger partial charge >= 0.3 is 10.1 Å². The monoisotopic (exact) mass is 640 g/mol. The van der Waals surface area contributed by atoms with E-state index in [1.807, 2.05) is 24.0 Å². The Hall–Kier alpha value is -3.63. The number of aryl methyl sites for hydroxylation is 1. The molecule has 16 heteroatoms. The third-order valence-electron chi connectivity index (χ3n) is 5.98. The van der Waals surface area contributed by atoms with Gasteiger partial charge in [0.15, 0.2) is 5.75 Å². The number of piperazine rings is 1. The second-order valence-electron chi connectivity index (χ2n) is 9.11. The van der Waals surface area contributed by atoms with Gasteiger partial charge in [-0.25, -0.2) is 18.2 Å². The number of hydrogen-bond acceptors (Lipinski definition) is 10. The van der Waals surface area contributed by atoms with Gasteiger partial charge in [-0.1, -0.05) is 25.1 Å². The van der Waals surface area contributed by atoms with Crippen LogP contribution in [0.3, 0.4) is 0 Å². The first-order valence-corrected chi connectivity index (χ1v) is 15.6. The molecule has 42 heavy (non-hydrogen) atoms. The van der Waals surface area contributed by atoms with Crippen molar-refractivity contribution in [2.75, 3.05) is 37.7 Å². The van der Waals surface area contributed by atoms with Crippen molar-refractivity contribution in [2.45, 2.75) is 30.1 Å². The van der Waals surface area contributed by atoms with E-state index in [2.05, 4.69) is 4.98 Å². The van der Waals surface area contributed by atoms with Crippen LogP contribution in [0.1, 0.15) is 18.9 Å². The number of sulfonamides is 1. The minimum atomic E-state index is -4.61. The average Bonchev–Trinajstić information content (AvgIpc) is 2.95. The van der Waals surface area contributed by atoms with Crippen LogP contribution in [-0.4, -0.2) is 70.1 Å². The lowest BCUT2D eigenvalue weighted by atomic mass is 10.2. The Balaban J connectivity index is 0.00000484. The number of aromatic nitrogens is 1. The van der Waals surface area contributed by atoms with Gasteiger partial charge in [0.05, 0.1) is 6.61 Å². The third kappa shape index (κ3) is 7.80. The van der Waals surface area contributed by atoms with Crippen LogP contribution in [0, 0.1) is 12.3 Å². The molecule has 2 aromatic carbocycles. The summed E-state index contributed by atoms with van der Waals surface area (Å²) in [5, 5.41) is 8.32. The molecule has 0 unspecified atom stereocenters. The van der Waals surface area contributed by atoms with Gasteiger partial charge in [0.25, 0.3) is 5.96 Å². The summed E-state index contributed by atoms with van der Waals surface area (Å²) >= 11 is 0. The number of nitrogens with zero attached hydrogens (tertiary/aromatic N) is 4. The minimum absolute atomic E-state index is 0. The molecule has 3 N–H and O–H groups in total. The van der Waals surface area contributed by atoms with Crippen molar-refractivity contribution in [3.05, 3.63) is 72.4 Å². The number of pyridine rings is 1. The van der Waals surface area contributed by atoms with E-state index in [9.17, 15) is 16.8 Å². The fraction of sp³-hybridized carbons (Fsp3) is 0.308. The second kappa shape index (κ2) is 14.0. The zero-order chi connectivity index (χ0) is 29.6. The lowest BCUT2D eigenvalue weighted by Crippen LogP contribution is -2.49. The largest absolute Gasteiger partial charge is 0.379 e. The molecule has 1 aliphatic rings. The van der Waals surface area contributed by atoms with Crippen LogP contribution in [0.4, 0.5) is 5.82 Å². The van der Waals surface area contributed by atoms with Gasteiger partial charge in [-0.15, -0.1) is 12.4 Å². The van der Waals surface area contributed by atoms with E-state index in [1.54, 1.807) is 25.3 Å². The summed E-state index contributed by atoms with van der Waals surface area (Å²) in [6.07, 6.45) is 2.30. The van der Waals surface area contributed by atoms with Gasteiger partial charge in [-0.3, -0.25) is 5.41 Å². The molecule has 1 fully saturated rings. The van der Waals surface area contributed by atoms with Crippen LogP contribution in [0.2, 0.25) is 0 Å². The molecule has 1 aromatic heterocycles. The number of hydroxylamine groups is 2. The van der Waals surface area contributed by atoms with Gasteiger partial charge in [-0.2, -0.15) is 12.7 Å². The number of benzene rings is 2. The normalized spacial score (nSPS) is 14.1. The molecule has 1 saturated heterocycles. The molecule has 0 amide bonds. The van der Waals surface area contributed by atoms with E-state index in [4.69, 9.17) is 25.0 Å². The second-order valence-corrected chi connectivity index (χ2v) is 12.5. The van der Waals surface area contributed by atoms with E-state index in [-0.39, 0.29) is 48.5 Å². The molecule has 0 aliphatic carbocycles. The highest BCUT2D eigenvalue weighted by molar-refractivity contribution is 7.91. The fourth-order valence-electron chi connectivity index (χ4n) is 4.11.